The lowest BCUT2D eigenvalue weighted by Gasteiger charge is -2.07. The van der Waals surface area contributed by atoms with E-state index in [1.165, 1.54) is 5.57 Å². The SMILES string of the molecule is C1=C/CC\C=C(CCSCCOCCOCCSCCc2ccccn2)/C=C\1. The first kappa shape index (κ1) is 23.3. The van der Waals surface area contributed by atoms with Crippen LogP contribution in [0.25, 0.3) is 0 Å². The highest BCUT2D eigenvalue weighted by Crippen LogP contribution is 2.14. The van der Waals surface area contributed by atoms with Gasteiger partial charge in [0, 0.05) is 23.4 Å². The highest BCUT2D eigenvalue weighted by molar-refractivity contribution is 7.99. The summed E-state index contributed by atoms with van der Waals surface area (Å²) in [5.41, 5.74) is 2.63. The third kappa shape index (κ3) is 12.4. The van der Waals surface area contributed by atoms with Gasteiger partial charge in [-0.25, -0.2) is 0 Å². The monoisotopic (exact) mass is 419 g/mol. The first-order chi connectivity index (χ1) is 13.9. The van der Waals surface area contributed by atoms with Gasteiger partial charge in [-0.05, 0) is 49.3 Å². The van der Waals surface area contributed by atoms with E-state index < -0.39 is 0 Å². The molecule has 0 fully saturated rings. The quantitative estimate of drug-likeness (QED) is 0.358. The van der Waals surface area contributed by atoms with Gasteiger partial charge in [-0.2, -0.15) is 23.5 Å². The lowest BCUT2D eigenvalue weighted by molar-refractivity contribution is 0.0605. The van der Waals surface area contributed by atoms with Gasteiger partial charge in [0.25, 0.3) is 0 Å². The molecule has 1 aliphatic rings. The van der Waals surface area contributed by atoms with Crippen LogP contribution in [0.1, 0.15) is 25.0 Å². The minimum absolute atomic E-state index is 0.691. The molecule has 0 radical (unpaired) electrons. The van der Waals surface area contributed by atoms with E-state index in [4.69, 9.17) is 9.47 Å². The fraction of sp³-hybridized carbons (Fsp3) is 0.522. The molecule has 0 aromatic carbocycles. The molecule has 1 aromatic rings. The van der Waals surface area contributed by atoms with Gasteiger partial charge in [0.15, 0.2) is 0 Å². The summed E-state index contributed by atoms with van der Waals surface area (Å²) in [5, 5.41) is 0. The van der Waals surface area contributed by atoms with Gasteiger partial charge in [0.1, 0.15) is 0 Å². The first-order valence-electron chi connectivity index (χ1n) is 10.2. The lowest BCUT2D eigenvalue weighted by Crippen LogP contribution is -2.08. The Morgan fingerprint density at radius 1 is 0.821 bits per heavy atom. The average molecular weight is 420 g/mol. The maximum Gasteiger partial charge on any atom is 0.0700 e. The van der Waals surface area contributed by atoms with Gasteiger partial charge in [0.05, 0.1) is 26.4 Å². The largest absolute Gasteiger partial charge is 0.378 e. The lowest BCUT2D eigenvalue weighted by atomic mass is 10.1. The summed E-state index contributed by atoms with van der Waals surface area (Å²) in [6.07, 6.45) is 17.5. The van der Waals surface area contributed by atoms with Crippen LogP contribution in [0.15, 0.2) is 60.3 Å². The predicted octanol–water partition coefficient (Wildman–Crippen LogP) is 5.35. The Kier molecular flexibility index (Phi) is 14.0. The van der Waals surface area contributed by atoms with Crippen molar-refractivity contribution in [3.05, 3.63) is 66.0 Å². The summed E-state index contributed by atoms with van der Waals surface area (Å²) >= 11 is 3.88. The highest BCUT2D eigenvalue weighted by Gasteiger charge is 1.97. The van der Waals surface area contributed by atoms with Crippen molar-refractivity contribution >= 4 is 23.5 Å². The number of pyridine rings is 1. The van der Waals surface area contributed by atoms with E-state index in [-0.39, 0.29) is 0 Å². The molecule has 0 bridgehead atoms. The van der Waals surface area contributed by atoms with Crippen molar-refractivity contribution in [2.75, 3.05) is 49.4 Å². The van der Waals surface area contributed by atoms with Crippen LogP contribution in [0, 0.1) is 0 Å². The molecule has 0 spiro atoms. The maximum atomic E-state index is 5.65. The number of hydrogen-bond acceptors (Lipinski definition) is 5. The third-order valence-electron chi connectivity index (χ3n) is 4.18. The topological polar surface area (TPSA) is 31.4 Å². The number of rotatable bonds is 15. The highest BCUT2D eigenvalue weighted by atomic mass is 32.2. The van der Waals surface area contributed by atoms with Gasteiger partial charge < -0.3 is 9.47 Å². The van der Waals surface area contributed by atoms with Crippen molar-refractivity contribution in [3.63, 3.8) is 0 Å². The average Bonchev–Trinajstić information content (AvgIpc) is 2.70. The van der Waals surface area contributed by atoms with Crippen LogP contribution in [0.4, 0.5) is 0 Å². The van der Waals surface area contributed by atoms with Gasteiger partial charge in [0.2, 0.25) is 0 Å². The summed E-state index contributed by atoms with van der Waals surface area (Å²) in [6, 6.07) is 6.08. The molecule has 1 heterocycles. The molecule has 0 aliphatic heterocycles. The molecule has 0 saturated carbocycles. The predicted molar refractivity (Wildman–Crippen MR) is 124 cm³/mol. The van der Waals surface area contributed by atoms with Crippen molar-refractivity contribution < 1.29 is 9.47 Å². The van der Waals surface area contributed by atoms with Crippen LogP contribution in [-0.2, 0) is 15.9 Å². The second-order valence-corrected chi connectivity index (χ2v) is 8.86. The normalized spacial score (nSPS) is 18.1. The smallest absolute Gasteiger partial charge is 0.0700 e. The number of allylic oxidation sites excluding steroid dienone is 6. The molecule has 0 saturated heterocycles. The summed E-state index contributed by atoms with van der Waals surface area (Å²) < 4.78 is 11.3. The molecule has 1 aliphatic carbocycles. The molecule has 5 heteroatoms. The molecule has 1 aromatic heterocycles. The summed E-state index contributed by atoms with van der Waals surface area (Å²) in [6.45, 7) is 2.99. The fourth-order valence-electron chi connectivity index (χ4n) is 2.65. The molecular weight excluding hydrogens is 386 g/mol. The molecule has 0 N–H and O–H groups in total. The first-order valence-corrected chi connectivity index (χ1v) is 12.5. The zero-order chi connectivity index (χ0) is 19.5. The Hall–Kier alpha value is -1.01. The Bertz CT molecular complexity index is 588. The van der Waals surface area contributed by atoms with Crippen molar-refractivity contribution in [2.24, 2.45) is 0 Å². The minimum Gasteiger partial charge on any atom is -0.378 e. The third-order valence-corrected chi connectivity index (χ3v) is 6.07. The van der Waals surface area contributed by atoms with E-state index >= 15 is 0 Å². The van der Waals surface area contributed by atoms with Crippen LogP contribution >= 0.6 is 23.5 Å². The van der Waals surface area contributed by atoms with Crippen LogP contribution < -0.4 is 0 Å². The van der Waals surface area contributed by atoms with E-state index in [0.717, 1.165) is 67.6 Å². The Balaban J connectivity index is 1.30. The van der Waals surface area contributed by atoms with Crippen LogP contribution in [0.2, 0.25) is 0 Å². The maximum absolute atomic E-state index is 5.65. The number of aryl methyl sites for hydroxylation is 1. The van der Waals surface area contributed by atoms with Crippen molar-refractivity contribution in [2.45, 2.75) is 25.7 Å². The number of hydrogen-bond donors (Lipinski definition) is 0. The van der Waals surface area contributed by atoms with Crippen molar-refractivity contribution in [1.29, 1.82) is 0 Å². The summed E-state index contributed by atoms with van der Waals surface area (Å²) in [4.78, 5) is 4.33. The molecule has 154 valence electrons. The molecular formula is C23H33NO2S2. The number of nitrogens with zero attached hydrogens (tertiary/aromatic N) is 1. The second kappa shape index (κ2) is 16.9. The van der Waals surface area contributed by atoms with E-state index in [0.29, 0.717) is 13.2 Å². The van der Waals surface area contributed by atoms with E-state index in [1.807, 2.05) is 41.9 Å². The summed E-state index contributed by atoms with van der Waals surface area (Å²) in [5.74, 6) is 4.34. The molecule has 0 unspecified atom stereocenters. The molecule has 3 nitrogen and oxygen atoms in total. The van der Waals surface area contributed by atoms with Gasteiger partial charge >= 0.3 is 0 Å². The van der Waals surface area contributed by atoms with Crippen LogP contribution in [0.3, 0.4) is 0 Å². The number of thioether (sulfide) groups is 2. The van der Waals surface area contributed by atoms with Crippen molar-refractivity contribution in [1.82, 2.24) is 4.98 Å². The van der Waals surface area contributed by atoms with Crippen molar-refractivity contribution in [3.8, 4) is 0 Å². The van der Waals surface area contributed by atoms with Gasteiger partial charge in [-0.3, -0.25) is 4.98 Å². The zero-order valence-corrected chi connectivity index (χ0v) is 18.4. The molecule has 28 heavy (non-hydrogen) atoms. The van der Waals surface area contributed by atoms with Crippen LogP contribution in [0.5, 0.6) is 0 Å². The van der Waals surface area contributed by atoms with E-state index in [2.05, 4.69) is 41.4 Å². The van der Waals surface area contributed by atoms with Gasteiger partial charge in [-0.1, -0.05) is 42.0 Å². The molecule has 0 atom stereocenters. The Labute approximate surface area is 179 Å². The number of aromatic nitrogens is 1. The molecule has 0 amide bonds. The number of ether oxygens (including phenoxy) is 2. The Morgan fingerprint density at radius 3 is 2.36 bits per heavy atom. The zero-order valence-electron chi connectivity index (χ0n) is 16.8. The van der Waals surface area contributed by atoms with Gasteiger partial charge in [-0.15, -0.1) is 0 Å². The Morgan fingerprint density at radius 2 is 1.61 bits per heavy atom. The van der Waals surface area contributed by atoms with Crippen LogP contribution in [-0.4, -0.2) is 54.4 Å². The summed E-state index contributed by atoms with van der Waals surface area (Å²) in [7, 11) is 0. The molecule has 2 rings (SSSR count). The fourth-order valence-corrected chi connectivity index (χ4v) is 4.26. The minimum atomic E-state index is 0.691. The van der Waals surface area contributed by atoms with E-state index in [1.54, 1.807) is 0 Å². The van der Waals surface area contributed by atoms with E-state index in [9.17, 15) is 0 Å². The standard InChI is InChI=1S/C23H33NO2S2/c1-2-4-8-22(9-5-3-1)11-18-27-20-16-25-14-15-26-17-21-28-19-12-23-10-6-7-13-24-23/h1-2,4,6-10,13H,3,5,11-12,14-21H2/b2-1-,8-4-,22-9+. The second-order valence-electron chi connectivity index (χ2n) is 6.41.